The molecule has 32 heavy (non-hydrogen) atoms. The van der Waals surface area contributed by atoms with Gasteiger partial charge in [0.25, 0.3) is 0 Å². The topological polar surface area (TPSA) is 83.6 Å². The molecule has 2 aromatic carbocycles. The number of aliphatic hydroxyl groups is 2. The number of carbonyl (C=O) groups excluding carboxylic acids is 1. The van der Waals surface area contributed by atoms with Crippen molar-refractivity contribution >= 4 is 6.41 Å². The minimum absolute atomic E-state index is 0.0677. The zero-order valence-electron chi connectivity index (χ0n) is 19.3. The Labute approximate surface area is 191 Å². The Balaban J connectivity index is 0.000000775. The largest absolute Gasteiger partial charge is 0.392 e. The van der Waals surface area contributed by atoms with E-state index in [1.165, 1.54) is 35.1 Å². The van der Waals surface area contributed by atoms with Crippen LogP contribution in [0.1, 0.15) is 66.3 Å². The number of primary amides is 1. The first-order valence-electron chi connectivity index (χ1n) is 12.0. The van der Waals surface area contributed by atoms with Gasteiger partial charge in [-0.05, 0) is 96.8 Å². The lowest BCUT2D eigenvalue weighted by Gasteiger charge is -2.50. The van der Waals surface area contributed by atoms with Crippen molar-refractivity contribution in [2.45, 2.75) is 71.0 Å². The molecule has 0 saturated heterocycles. The summed E-state index contributed by atoms with van der Waals surface area (Å²) in [6, 6.07) is 15.4. The van der Waals surface area contributed by atoms with Crippen molar-refractivity contribution in [1.29, 1.82) is 0 Å². The molecule has 2 saturated carbocycles. The molecule has 2 fully saturated rings. The van der Waals surface area contributed by atoms with Gasteiger partial charge in [-0.1, -0.05) is 55.0 Å². The number of hydrogen-bond donors (Lipinski definition) is 3. The van der Waals surface area contributed by atoms with Gasteiger partial charge in [0.1, 0.15) is 0 Å². The first-order valence-corrected chi connectivity index (χ1v) is 12.0. The van der Waals surface area contributed by atoms with Crippen LogP contribution in [0.3, 0.4) is 0 Å². The Morgan fingerprint density at radius 3 is 2.66 bits per heavy atom. The van der Waals surface area contributed by atoms with E-state index in [1.807, 2.05) is 0 Å². The van der Waals surface area contributed by atoms with Crippen LogP contribution in [0.15, 0.2) is 42.5 Å². The number of rotatable bonds is 3. The summed E-state index contributed by atoms with van der Waals surface area (Å²) in [6.45, 7) is 4.66. The van der Waals surface area contributed by atoms with Gasteiger partial charge < -0.3 is 15.9 Å². The Morgan fingerprint density at radius 1 is 1.16 bits per heavy atom. The first-order chi connectivity index (χ1) is 15.4. The molecule has 0 spiro atoms. The van der Waals surface area contributed by atoms with Crippen LogP contribution in [0.25, 0.3) is 0 Å². The van der Waals surface area contributed by atoms with Crippen molar-refractivity contribution in [3.8, 4) is 0 Å². The highest BCUT2D eigenvalue weighted by molar-refractivity contribution is 5.42. The molecule has 3 aliphatic carbocycles. The van der Waals surface area contributed by atoms with E-state index in [-0.39, 0.29) is 24.5 Å². The fraction of sp³-hybridized carbons (Fsp3) is 0.536. The van der Waals surface area contributed by atoms with E-state index >= 15 is 0 Å². The van der Waals surface area contributed by atoms with Gasteiger partial charge in [-0.25, -0.2) is 0 Å². The molecule has 4 N–H and O–H groups in total. The molecular weight excluding hydrogens is 398 g/mol. The van der Waals surface area contributed by atoms with Crippen LogP contribution in [0.4, 0.5) is 0 Å². The second kappa shape index (κ2) is 9.36. The number of aryl methyl sites for hydroxylation is 2. The molecular formula is C28H37NO3. The highest BCUT2D eigenvalue weighted by Gasteiger charge is 2.57. The van der Waals surface area contributed by atoms with Gasteiger partial charge >= 0.3 is 0 Å². The number of hydrogen-bond acceptors (Lipinski definition) is 3. The van der Waals surface area contributed by atoms with Crippen LogP contribution in [-0.2, 0) is 24.2 Å². The van der Waals surface area contributed by atoms with E-state index in [9.17, 15) is 10.2 Å². The molecule has 6 atom stereocenters. The molecule has 0 radical (unpaired) electrons. The summed E-state index contributed by atoms with van der Waals surface area (Å²) < 4.78 is 0. The van der Waals surface area contributed by atoms with Gasteiger partial charge in [-0.15, -0.1) is 0 Å². The lowest BCUT2D eigenvalue weighted by atomic mass is 9.55. The summed E-state index contributed by atoms with van der Waals surface area (Å²) in [6.07, 6.45) is 6.90. The van der Waals surface area contributed by atoms with E-state index in [1.54, 1.807) is 0 Å². The third kappa shape index (κ3) is 4.11. The van der Waals surface area contributed by atoms with E-state index in [2.05, 4.69) is 62.0 Å². The van der Waals surface area contributed by atoms with Crippen LogP contribution < -0.4 is 5.73 Å². The number of benzene rings is 2. The average Bonchev–Trinajstić information content (AvgIpc) is 3.04. The molecule has 0 aromatic heterocycles. The number of fused-ring (bicyclic) bond motifs is 5. The first kappa shape index (κ1) is 23.0. The molecule has 172 valence electrons. The third-order valence-electron chi connectivity index (χ3n) is 8.67. The standard InChI is InChI=1S/C27H34O2.CH3NO/c1-17-4-3-5-18(12-17)13-21-15-25-24-9-7-20-14-19(16-28)6-8-22(20)23(24)10-11-27(25,2)26(21)29;2-1-3/h3-6,8,12,14,21,23-26,28-29H,7,9-11,13,15-16H2,1-2H3;1H,(H2,2,3). The monoisotopic (exact) mass is 435 g/mol. The molecule has 1 amide bonds. The predicted octanol–water partition coefficient (Wildman–Crippen LogP) is 4.27. The van der Waals surface area contributed by atoms with E-state index in [0.29, 0.717) is 23.7 Å². The zero-order chi connectivity index (χ0) is 22.9. The maximum atomic E-state index is 11.4. The van der Waals surface area contributed by atoms with Crippen molar-refractivity contribution in [3.63, 3.8) is 0 Å². The summed E-state index contributed by atoms with van der Waals surface area (Å²) in [4.78, 5) is 8.58. The van der Waals surface area contributed by atoms with Crippen LogP contribution >= 0.6 is 0 Å². The molecule has 2 aromatic rings. The average molecular weight is 436 g/mol. The number of amides is 1. The van der Waals surface area contributed by atoms with Crippen molar-refractivity contribution in [2.75, 3.05) is 0 Å². The normalized spacial score (nSPS) is 32.7. The maximum Gasteiger partial charge on any atom is 0.204 e. The Morgan fingerprint density at radius 2 is 1.94 bits per heavy atom. The summed E-state index contributed by atoms with van der Waals surface area (Å²) in [5.41, 5.74) is 10.9. The Hall–Kier alpha value is -2.17. The Kier molecular flexibility index (Phi) is 6.73. The van der Waals surface area contributed by atoms with E-state index in [4.69, 9.17) is 4.79 Å². The van der Waals surface area contributed by atoms with Crippen molar-refractivity contribution in [3.05, 3.63) is 70.3 Å². The van der Waals surface area contributed by atoms with Crippen molar-refractivity contribution < 1.29 is 15.0 Å². The molecule has 0 bridgehead atoms. The molecule has 6 unspecified atom stereocenters. The smallest absolute Gasteiger partial charge is 0.204 e. The predicted molar refractivity (Wildman–Crippen MR) is 127 cm³/mol. The lowest BCUT2D eigenvalue weighted by Crippen LogP contribution is -2.44. The molecule has 5 rings (SSSR count). The molecule has 0 heterocycles. The summed E-state index contributed by atoms with van der Waals surface area (Å²) in [5, 5.41) is 20.9. The van der Waals surface area contributed by atoms with E-state index in [0.717, 1.165) is 31.2 Å². The van der Waals surface area contributed by atoms with Gasteiger partial charge in [0.2, 0.25) is 6.41 Å². The summed E-state index contributed by atoms with van der Waals surface area (Å²) in [7, 11) is 0. The van der Waals surface area contributed by atoms with Gasteiger partial charge in [0.05, 0.1) is 12.7 Å². The molecule has 4 nitrogen and oxygen atoms in total. The number of nitrogens with two attached hydrogens (primary N) is 1. The minimum Gasteiger partial charge on any atom is -0.392 e. The molecule has 0 aliphatic heterocycles. The highest BCUT2D eigenvalue weighted by Crippen LogP contribution is 2.62. The summed E-state index contributed by atoms with van der Waals surface area (Å²) in [5.74, 6) is 2.33. The molecule has 3 aliphatic rings. The van der Waals surface area contributed by atoms with Crippen LogP contribution in [0, 0.1) is 30.1 Å². The fourth-order valence-corrected chi connectivity index (χ4v) is 7.22. The highest BCUT2D eigenvalue weighted by atomic mass is 16.3. The van der Waals surface area contributed by atoms with Crippen LogP contribution in [0.5, 0.6) is 0 Å². The lowest BCUT2D eigenvalue weighted by molar-refractivity contribution is -0.106. The fourth-order valence-electron chi connectivity index (χ4n) is 7.22. The second-order valence-corrected chi connectivity index (χ2v) is 10.4. The van der Waals surface area contributed by atoms with Crippen molar-refractivity contribution in [2.24, 2.45) is 28.9 Å². The third-order valence-corrected chi connectivity index (χ3v) is 8.67. The number of carbonyl (C=O) groups is 1. The zero-order valence-corrected chi connectivity index (χ0v) is 19.3. The maximum absolute atomic E-state index is 11.4. The Bertz CT molecular complexity index is 957. The molecule has 4 heteroatoms. The SMILES string of the molecule is Cc1cccc(CC2CC3C4CCc5cc(CO)ccc5C4CCC3(C)C2O)c1.NC=O. The second-order valence-electron chi connectivity index (χ2n) is 10.4. The number of aliphatic hydroxyl groups excluding tert-OH is 2. The van der Waals surface area contributed by atoms with Crippen molar-refractivity contribution in [1.82, 2.24) is 0 Å². The summed E-state index contributed by atoms with van der Waals surface area (Å²) >= 11 is 0. The van der Waals surface area contributed by atoms with Crippen LogP contribution in [0.2, 0.25) is 0 Å². The van der Waals surface area contributed by atoms with Gasteiger partial charge in [-0.2, -0.15) is 0 Å². The van der Waals surface area contributed by atoms with Gasteiger partial charge in [0, 0.05) is 0 Å². The van der Waals surface area contributed by atoms with Crippen LogP contribution in [-0.4, -0.2) is 22.7 Å². The quantitative estimate of drug-likeness (QED) is 0.630. The van der Waals surface area contributed by atoms with E-state index < -0.39 is 0 Å². The van der Waals surface area contributed by atoms with Gasteiger partial charge in [-0.3, -0.25) is 4.79 Å². The van der Waals surface area contributed by atoms with Gasteiger partial charge in [0.15, 0.2) is 0 Å². The minimum atomic E-state index is -0.188.